The molecule has 0 unspecified atom stereocenters. The number of methoxy groups -OCH3 is 1. The Hall–Kier alpha value is -3.14. The molecular formula is C23H24N2O2. The standard InChI is InChI=1S/C23H24N2O2/c1-16-10-13-22(27-4)19(14-16)15-25(3)23(26)20-11-12-21(24-17(20)2)18-8-6-5-7-9-18/h5-14H,15H2,1-4H3. The predicted octanol–water partition coefficient (Wildman–Crippen LogP) is 4.65. The zero-order valence-corrected chi connectivity index (χ0v) is 16.2. The molecule has 0 saturated heterocycles. The first kappa shape index (κ1) is 18.6. The molecule has 3 aromatic rings. The van der Waals surface area contributed by atoms with E-state index in [4.69, 9.17) is 4.74 Å². The van der Waals surface area contributed by atoms with Gasteiger partial charge < -0.3 is 9.64 Å². The Balaban J connectivity index is 1.82. The summed E-state index contributed by atoms with van der Waals surface area (Å²) in [7, 11) is 3.45. The van der Waals surface area contributed by atoms with E-state index >= 15 is 0 Å². The minimum Gasteiger partial charge on any atom is -0.496 e. The summed E-state index contributed by atoms with van der Waals surface area (Å²) < 4.78 is 5.42. The number of hydrogen-bond donors (Lipinski definition) is 0. The van der Waals surface area contributed by atoms with Crippen molar-refractivity contribution in [3.05, 3.63) is 83.0 Å². The van der Waals surface area contributed by atoms with Crippen LogP contribution in [0.5, 0.6) is 5.75 Å². The average Bonchev–Trinajstić information content (AvgIpc) is 2.68. The molecule has 4 nitrogen and oxygen atoms in total. The molecule has 138 valence electrons. The molecule has 2 aromatic carbocycles. The summed E-state index contributed by atoms with van der Waals surface area (Å²) >= 11 is 0. The predicted molar refractivity (Wildman–Crippen MR) is 108 cm³/mol. The molecule has 3 rings (SSSR count). The highest BCUT2D eigenvalue weighted by molar-refractivity contribution is 5.95. The van der Waals surface area contributed by atoms with Crippen LogP contribution < -0.4 is 4.74 Å². The van der Waals surface area contributed by atoms with Crippen LogP contribution in [0.1, 0.15) is 27.2 Å². The van der Waals surface area contributed by atoms with Crippen LogP contribution >= 0.6 is 0 Å². The number of ether oxygens (including phenoxy) is 1. The highest BCUT2D eigenvalue weighted by Gasteiger charge is 2.17. The molecule has 4 heteroatoms. The Morgan fingerprint density at radius 1 is 1.04 bits per heavy atom. The van der Waals surface area contributed by atoms with Gasteiger partial charge in [0.05, 0.1) is 24.1 Å². The fraction of sp³-hybridized carbons (Fsp3) is 0.217. The van der Waals surface area contributed by atoms with Crippen molar-refractivity contribution in [2.75, 3.05) is 14.2 Å². The molecule has 0 aliphatic carbocycles. The van der Waals surface area contributed by atoms with E-state index in [0.29, 0.717) is 12.1 Å². The fourth-order valence-corrected chi connectivity index (χ4v) is 3.12. The van der Waals surface area contributed by atoms with Gasteiger partial charge in [-0.05, 0) is 32.0 Å². The third-order valence-electron chi connectivity index (χ3n) is 4.58. The maximum Gasteiger partial charge on any atom is 0.255 e. The lowest BCUT2D eigenvalue weighted by Gasteiger charge is -2.20. The zero-order chi connectivity index (χ0) is 19.4. The van der Waals surface area contributed by atoms with E-state index < -0.39 is 0 Å². The Morgan fingerprint density at radius 3 is 2.44 bits per heavy atom. The van der Waals surface area contributed by atoms with Gasteiger partial charge in [0.25, 0.3) is 5.91 Å². The fourth-order valence-electron chi connectivity index (χ4n) is 3.12. The first-order chi connectivity index (χ1) is 13.0. The van der Waals surface area contributed by atoms with Gasteiger partial charge in [-0.25, -0.2) is 0 Å². The van der Waals surface area contributed by atoms with E-state index in [2.05, 4.69) is 4.98 Å². The van der Waals surface area contributed by atoms with Crippen LogP contribution in [-0.4, -0.2) is 29.9 Å². The molecule has 0 radical (unpaired) electrons. The highest BCUT2D eigenvalue weighted by atomic mass is 16.5. The number of rotatable bonds is 5. The van der Waals surface area contributed by atoms with E-state index in [-0.39, 0.29) is 5.91 Å². The minimum atomic E-state index is -0.0526. The smallest absolute Gasteiger partial charge is 0.255 e. The van der Waals surface area contributed by atoms with Crippen molar-refractivity contribution < 1.29 is 9.53 Å². The van der Waals surface area contributed by atoms with Gasteiger partial charge in [0.2, 0.25) is 0 Å². The summed E-state index contributed by atoms with van der Waals surface area (Å²) in [5.74, 6) is 0.734. The molecule has 0 fully saturated rings. The maximum absolute atomic E-state index is 12.9. The highest BCUT2D eigenvalue weighted by Crippen LogP contribution is 2.23. The van der Waals surface area contributed by atoms with Gasteiger partial charge in [0, 0.05) is 24.7 Å². The number of carbonyl (C=O) groups is 1. The van der Waals surface area contributed by atoms with E-state index in [1.165, 1.54) is 0 Å². The zero-order valence-electron chi connectivity index (χ0n) is 16.2. The van der Waals surface area contributed by atoms with E-state index in [0.717, 1.165) is 33.8 Å². The molecule has 0 N–H and O–H groups in total. The number of hydrogen-bond acceptors (Lipinski definition) is 3. The van der Waals surface area contributed by atoms with Gasteiger partial charge in [-0.15, -0.1) is 0 Å². The van der Waals surface area contributed by atoms with Crippen molar-refractivity contribution in [2.24, 2.45) is 0 Å². The SMILES string of the molecule is COc1ccc(C)cc1CN(C)C(=O)c1ccc(-c2ccccc2)nc1C. The third kappa shape index (κ3) is 4.17. The topological polar surface area (TPSA) is 42.4 Å². The summed E-state index contributed by atoms with van der Waals surface area (Å²) in [5.41, 5.74) is 5.37. The monoisotopic (exact) mass is 360 g/mol. The lowest BCUT2D eigenvalue weighted by atomic mass is 10.1. The molecule has 0 aliphatic heterocycles. The van der Waals surface area contributed by atoms with E-state index in [9.17, 15) is 4.79 Å². The molecular weight excluding hydrogens is 336 g/mol. The number of carbonyl (C=O) groups excluding carboxylic acids is 1. The van der Waals surface area contributed by atoms with Crippen LogP contribution in [-0.2, 0) is 6.54 Å². The van der Waals surface area contributed by atoms with Gasteiger partial charge in [0.1, 0.15) is 5.75 Å². The number of nitrogens with zero attached hydrogens (tertiary/aromatic N) is 2. The molecule has 1 heterocycles. The Labute approximate surface area is 160 Å². The first-order valence-electron chi connectivity index (χ1n) is 8.91. The van der Waals surface area contributed by atoms with Crippen LogP contribution in [0, 0.1) is 13.8 Å². The van der Waals surface area contributed by atoms with Gasteiger partial charge in [0.15, 0.2) is 0 Å². The Morgan fingerprint density at radius 2 is 1.78 bits per heavy atom. The second kappa shape index (κ2) is 8.04. The summed E-state index contributed by atoms with van der Waals surface area (Å²) in [6, 6.07) is 19.7. The van der Waals surface area contributed by atoms with Crippen molar-refractivity contribution >= 4 is 5.91 Å². The Kier molecular flexibility index (Phi) is 5.55. The lowest BCUT2D eigenvalue weighted by molar-refractivity contribution is 0.0783. The lowest BCUT2D eigenvalue weighted by Crippen LogP contribution is -2.27. The summed E-state index contributed by atoms with van der Waals surface area (Å²) in [5, 5.41) is 0. The van der Waals surface area contributed by atoms with E-state index in [1.807, 2.05) is 74.5 Å². The van der Waals surface area contributed by atoms with Crippen LogP contribution in [0.25, 0.3) is 11.3 Å². The second-order valence-corrected chi connectivity index (χ2v) is 6.67. The molecule has 0 bridgehead atoms. The van der Waals surface area contributed by atoms with Gasteiger partial charge in [-0.1, -0.05) is 48.0 Å². The second-order valence-electron chi connectivity index (χ2n) is 6.67. The molecule has 0 aliphatic rings. The molecule has 1 amide bonds. The van der Waals surface area contributed by atoms with Crippen LogP contribution in [0.15, 0.2) is 60.7 Å². The number of amides is 1. The minimum absolute atomic E-state index is 0.0526. The number of aromatic nitrogens is 1. The number of aryl methyl sites for hydroxylation is 2. The van der Waals surface area contributed by atoms with Gasteiger partial charge in [-0.2, -0.15) is 0 Å². The van der Waals surface area contributed by atoms with Crippen molar-refractivity contribution in [3.8, 4) is 17.0 Å². The number of pyridine rings is 1. The van der Waals surface area contributed by atoms with Crippen LogP contribution in [0.3, 0.4) is 0 Å². The summed E-state index contributed by atoms with van der Waals surface area (Å²) in [4.78, 5) is 19.3. The first-order valence-corrected chi connectivity index (χ1v) is 8.91. The van der Waals surface area contributed by atoms with Crippen molar-refractivity contribution in [3.63, 3.8) is 0 Å². The molecule has 1 aromatic heterocycles. The summed E-state index contributed by atoms with van der Waals surface area (Å²) in [6.45, 7) is 4.38. The summed E-state index contributed by atoms with van der Waals surface area (Å²) in [6.07, 6.45) is 0. The van der Waals surface area contributed by atoms with E-state index in [1.54, 1.807) is 19.1 Å². The normalized spacial score (nSPS) is 10.5. The molecule has 27 heavy (non-hydrogen) atoms. The maximum atomic E-state index is 12.9. The van der Waals surface area contributed by atoms with Gasteiger partial charge in [-0.3, -0.25) is 9.78 Å². The number of benzene rings is 2. The third-order valence-corrected chi connectivity index (χ3v) is 4.58. The molecule has 0 atom stereocenters. The van der Waals surface area contributed by atoms with Crippen molar-refractivity contribution in [2.45, 2.75) is 20.4 Å². The molecule has 0 spiro atoms. The van der Waals surface area contributed by atoms with Gasteiger partial charge >= 0.3 is 0 Å². The van der Waals surface area contributed by atoms with Crippen LogP contribution in [0.4, 0.5) is 0 Å². The Bertz CT molecular complexity index is 952. The van der Waals surface area contributed by atoms with Crippen LogP contribution in [0.2, 0.25) is 0 Å². The van der Waals surface area contributed by atoms with Crippen molar-refractivity contribution in [1.82, 2.24) is 9.88 Å². The largest absolute Gasteiger partial charge is 0.496 e. The van der Waals surface area contributed by atoms with Crippen molar-refractivity contribution in [1.29, 1.82) is 0 Å². The average molecular weight is 360 g/mol. The quantitative estimate of drug-likeness (QED) is 0.665. The molecule has 0 saturated carbocycles.